The third-order valence-corrected chi connectivity index (χ3v) is 6.85. The first-order valence-electron chi connectivity index (χ1n) is 9.48. The summed E-state index contributed by atoms with van der Waals surface area (Å²) >= 11 is 14.0. The SMILES string of the molecule is NCC(=O)OCC1CN(c2nc3ccc(Cl)cc3s2)Cc2[nH]c3ccc(Cl)cc3c21. The number of halogens is 2. The summed E-state index contributed by atoms with van der Waals surface area (Å²) in [5.41, 5.74) is 9.56. The van der Waals surface area contributed by atoms with Gasteiger partial charge in [-0.25, -0.2) is 4.98 Å². The number of H-pyrrole nitrogens is 1. The molecule has 2 aromatic carbocycles. The predicted molar refractivity (Wildman–Crippen MR) is 122 cm³/mol. The summed E-state index contributed by atoms with van der Waals surface area (Å²) in [6.07, 6.45) is 0. The zero-order chi connectivity index (χ0) is 20.8. The van der Waals surface area contributed by atoms with E-state index in [9.17, 15) is 4.79 Å². The summed E-state index contributed by atoms with van der Waals surface area (Å²) in [4.78, 5) is 22.2. The van der Waals surface area contributed by atoms with Gasteiger partial charge in [-0.1, -0.05) is 34.5 Å². The second-order valence-electron chi connectivity index (χ2n) is 7.28. The average molecular weight is 461 g/mol. The molecule has 3 heterocycles. The molecule has 1 atom stereocenters. The Hall–Kier alpha value is -2.32. The summed E-state index contributed by atoms with van der Waals surface area (Å²) < 4.78 is 6.46. The number of benzene rings is 2. The zero-order valence-corrected chi connectivity index (χ0v) is 18.2. The molecule has 0 aliphatic carbocycles. The van der Waals surface area contributed by atoms with Crippen molar-refractivity contribution >= 4 is 66.8 Å². The number of rotatable bonds is 4. The van der Waals surface area contributed by atoms with E-state index in [0.29, 0.717) is 23.1 Å². The van der Waals surface area contributed by atoms with Crippen molar-refractivity contribution in [2.75, 3.05) is 24.6 Å². The lowest BCUT2D eigenvalue weighted by molar-refractivity contribution is -0.142. The quantitative estimate of drug-likeness (QED) is 0.431. The van der Waals surface area contributed by atoms with Crippen molar-refractivity contribution in [1.29, 1.82) is 0 Å². The Morgan fingerprint density at radius 2 is 2.07 bits per heavy atom. The highest BCUT2D eigenvalue weighted by Crippen LogP contribution is 2.40. The maximum absolute atomic E-state index is 11.7. The number of aromatic nitrogens is 2. The fourth-order valence-electron chi connectivity index (χ4n) is 4.00. The smallest absolute Gasteiger partial charge is 0.319 e. The van der Waals surface area contributed by atoms with E-state index in [-0.39, 0.29) is 19.1 Å². The van der Waals surface area contributed by atoms with Gasteiger partial charge < -0.3 is 20.4 Å². The molecule has 2 aromatic heterocycles. The summed E-state index contributed by atoms with van der Waals surface area (Å²) in [7, 11) is 0. The fourth-order valence-corrected chi connectivity index (χ4v) is 5.42. The van der Waals surface area contributed by atoms with Gasteiger partial charge in [-0.2, -0.15) is 0 Å². The van der Waals surface area contributed by atoms with Crippen LogP contribution in [0.4, 0.5) is 5.13 Å². The number of carbonyl (C=O) groups excluding carboxylic acids is 1. The predicted octanol–water partition coefficient (Wildman–Crippen LogP) is 4.69. The van der Waals surface area contributed by atoms with E-state index in [1.165, 1.54) is 0 Å². The topological polar surface area (TPSA) is 84.2 Å². The highest BCUT2D eigenvalue weighted by molar-refractivity contribution is 7.22. The van der Waals surface area contributed by atoms with Crippen molar-refractivity contribution in [1.82, 2.24) is 9.97 Å². The van der Waals surface area contributed by atoms with Crippen LogP contribution in [-0.2, 0) is 16.1 Å². The Bertz CT molecular complexity index is 1270. The first kappa shape index (κ1) is 19.6. The van der Waals surface area contributed by atoms with Crippen molar-refractivity contribution in [2.45, 2.75) is 12.5 Å². The molecule has 0 saturated heterocycles. The normalized spacial score (nSPS) is 16.2. The molecule has 6 nitrogen and oxygen atoms in total. The molecule has 1 aliphatic rings. The lowest BCUT2D eigenvalue weighted by Gasteiger charge is -2.32. The molecule has 154 valence electrons. The number of thiazole rings is 1. The van der Waals surface area contributed by atoms with E-state index in [2.05, 4.69) is 9.88 Å². The largest absolute Gasteiger partial charge is 0.464 e. The molecule has 3 N–H and O–H groups in total. The van der Waals surface area contributed by atoms with Crippen molar-refractivity contribution in [3.05, 3.63) is 57.7 Å². The van der Waals surface area contributed by atoms with Crippen LogP contribution in [0.15, 0.2) is 36.4 Å². The minimum Gasteiger partial charge on any atom is -0.464 e. The van der Waals surface area contributed by atoms with E-state index in [0.717, 1.165) is 37.5 Å². The number of nitrogens with one attached hydrogen (secondary N) is 1. The minimum absolute atomic E-state index is 0.0351. The van der Waals surface area contributed by atoms with Crippen LogP contribution in [-0.4, -0.2) is 35.6 Å². The Balaban J connectivity index is 1.55. The number of carbonyl (C=O) groups is 1. The molecule has 5 rings (SSSR count). The number of aromatic amines is 1. The molecule has 1 aliphatic heterocycles. The van der Waals surface area contributed by atoms with Crippen molar-refractivity contribution in [3.8, 4) is 0 Å². The number of esters is 1. The number of fused-ring (bicyclic) bond motifs is 4. The van der Waals surface area contributed by atoms with Gasteiger partial charge in [0.2, 0.25) is 0 Å². The number of nitrogens with two attached hydrogens (primary N) is 1. The van der Waals surface area contributed by atoms with Crippen LogP contribution in [0.25, 0.3) is 21.1 Å². The number of ether oxygens (including phenoxy) is 1. The average Bonchev–Trinajstić information content (AvgIpc) is 3.32. The van der Waals surface area contributed by atoms with E-state index in [4.69, 9.17) is 38.7 Å². The molecular formula is C21H18Cl2N4O2S. The second kappa shape index (κ2) is 7.74. The molecular weight excluding hydrogens is 443 g/mol. The summed E-state index contributed by atoms with van der Waals surface area (Å²) in [5.74, 6) is -0.451. The molecule has 4 aromatic rings. The first-order valence-corrected chi connectivity index (χ1v) is 11.1. The van der Waals surface area contributed by atoms with Crippen LogP contribution in [0.1, 0.15) is 17.2 Å². The Kier molecular flexibility index (Phi) is 5.06. The molecule has 0 radical (unpaired) electrons. The van der Waals surface area contributed by atoms with Gasteiger partial charge in [0.15, 0.2) is 5.13 Å². The first-order chi connectivity index (χ1) is 14.5. The van der Waals surface area contributed by atoms with Gasteiger partial charge >= 0.3 is 5.97 Å². The van der Waals surface area contributed by atoms with Gasteiger partial charge in [0, 0.05) is 39.1 Å². The van der Waals surface area contributed by atoms with Crippen LogP contribution in [0, 0.1) is 0 Å². The van der Waals surface area contributed by atoms with Gasteiger partial charge in [-0.15, -0.1) is 0 Å². The van der Waals surface area contributed by atoms with E-state index in [1.54, 1.807) is 11.3 Å². The highest BCUT2D eigenvalue weighted by atomic mass is 35.5. The molecule has 0 saturated carbocycles. The van der Waals surface area contributed by atoms with Crippen molar-refractivity contribution in [3.63, 3.8) is 0 Å². The molecule has 9 heteroatoms. The molecule has 0 bridgehead atoms. The summed E-state index contributed by atoms with van der Waals surface area (Å²) in [5, 5.41) is 3.33. The molecule has 30 heavy (non-hydrogen) atoms. The zero-order valence-electron chi connectivity index (χ0n) is 15.8. The number of nitrogens with zero attached hydrogens (tertiary/aromatic N) is 2. The fraction of sp³-hybridized carbons (Fsp3) is 0.238. The van der Waals surface area contributed by atoms with Crippen molar-refractivity contribution < 1.29 is 9.53 Å². The van der Waals surface area contributed by atoms with Gasteiger partial charge in [0.1, 0.15) is 0 Å². The van der Waals surface area contributed by atoms with E-state index < -0.39 is 5.97 Å². The van der Waals surface area contributed by atoms with Crippen LogP contribution in [0.2, 0.25) is 10.0 Å². The standard InChI is InChI=1S/C21H18Cl2N4O2S/c22-12-1-3-15-14(5-12)20-11(10-29-19(28)7-24)8-27(9-17(20)25-15)21-26-16-4-2-13(23)6-18(16)30-21/h1-6,11,25H,7-10,24H2. The lowest BCUT2D eigenvalue weighted by Crippen LogP contribution is -2.36. The molecule has 0 fully saturated rings. The molecule has 1 unspecified atom stereocenters. The summed E-state index contributed by atoms with van der Waals surface area (Å²) in [6, 6.07) is 11.5. The van der Waals surface area contributed by atoms with E-state index >= 15 is 0 Å². The second-order valence-corrected chi connectivity index (χ2v) is 9.16. The lowest BCUT2D eigenvalue weighted by atomic mass is 9.92. The number of anilines is 1. The van der Waals surface area contributed by atoms with Gasteiger partial charge in [0.25, 0.3) is 0 Å². The Labute approximate surface area is 186 Å². The van der Waals surface area contributed by atoms with Gasteiger partial charge in [0.05, 0.1) is 29.9 Å². The van der Waals surface area contributed by atoms with Crippen LogP contribution in [0.3, 0.4) is 0 Å². The maximum atomic E-state index is 11.7. The molecule has 0 amide bonds. The third kappa shape index (κ3) is 3.52. The van der Waals surface area contributed by atoms with E-state index in [1.807, 2.05) is 36.4 Å². The molecule has 0 spiro atoms. The van der Waals surface area contributed by atoms with Crippen molar-refractivity contribution in [2.24, 2.45) is 5.73 Å². The Morgan fingerprint density at radius 1 is 1.27 bits per heavy atom. The number of hydrogen-bond donors (Lipinski definition) is 2. The Morgan fingerprint density at radius 3 is 2.90 bits per heavy atom. The maximum Gasteiger partial charge on any atom is 0.319 e. The van der Waals surface area contributed by atoms with Crippen LogP contribution in [0.5, 0.6) is 0 Å². The van der Waals surface area contributed by atoms with Crippen LogP contribution < -0.4 is 10.6 Å². The van der Waals surface area contributed by atoms with Crippen LogP contribution >= 0.6 is 34.5 Å². The highest BCUT2D eigenvalue weighted by Gasteiger charge is 2.31. The third-order valence-electron chi connectivity index (χ3n) is 5.30. The monoisotopic (exact) mass is 460 g/mol. The summed E-state index contributed by atoms with van der Waals surface area (Å²) in [6.45, 7) is 1.45. The number of hydrogen-bond acceptors (Lipinski definition) is 6. The minimum atomic E-state index is -0.416. The van der Waals surface area contributed by atoms with Gasteiger partial charge in [-0.05, 0) is 42.0 Å². The van der Waals surface area contributed by atoms with Gasteiger partial charge in [-0.3, -0.25) is 4.79 Å².